The number of methoxy groups -OCH3 is 1. The Hall–Kier alpha value is -2.60. The summed E-state index contributed by atoms with van der Waals surface area (Å²) in [6, 6.07) is 18.3. The average molecular weight is 352 g/mol. The highest BCUT2D eigenvalue weighted by Crippen LogP contribution is 2.31. The molecule has 5 nitrogen and oxygen atoms in total. The van der Waals surface area contributed by atoms with Crippen molar-refractivity contribution in [2.24, 2.45) is 5.10 Å². The van der Waals surface area contributed by atoms with Gasteiger partial charge < -0.3 is 4.74 Å². The first-order valence-corrected chi connectivity index (χ1v) is 9.09. The minimum Gasteiger partial charge on any atom is -0.497 e. The predicted molar refractivity (Wildman–Crippen MR) is 99.6 cm³/mol. The molecule has 1 atom stereocenters. The van der Waals surface area contributed by atoms with Gasteiger partial charge in [0.2, 0.25) is 0 Å². The van der Waals surface area contributed by atoms with Crippen molar-refractivity contribution in [1.29, 1.82) is 0 Å². The largest absolute Gasteiger partial charge is 0.497 e. The molecule has 0 saturated carbocycles. The predicted octanol–water partition coefficient (Wildman–Crippen LogP) is 3.41. The maximum Gasteiger partial charge on any atom is 0.367 e. The quantitative estimate of drug-likeness (QED) is 0.861. The average Bonchev–Trinajstić information content (AvgIpc) is 3.29. The summed E-state index contributed by atoms with van der Waals surface area (Å²) in [6.07, 6.45) is 0.792. The van der Waals surface area contributed by atoms with E-state index in [1.165, 1.54) is 11.8 Å². The van der Waals surface area contributed by atoms with E-state index < -0.39 is 0 Å². The van der Waals surface area contributed by atoms with Gasteiger partial charge in [-0.2, -0.15) is 0 Å². The number of amidine groups is 1. The first kappa shape index (κ1) is 15.9. The first-order valence-electron chi connectivity index (χ1n) is 8.10. The summed E-state index contributed by atoms with van der Waals surface area (Å²) in [5, 5.41) is 7.73. The summed E-state index contributed by atoms with van der Waals surface area (Å²) in [5.41, 5.74) is 3.29. The van der Waals surface area contributed by atoms with Crippen molar-refractivity contribution >= 4 is 28.5 Å². The van der Waals surface area contributed by atoms with Crippen LogP contribution in [0.3, 0.4) is 0 Å². The summed E-state index contributed by atoms with van der Waals surface area (Å²) in [4.78, 5) is 11.6. The molecule has 2 aromatic rings. The molecule has 0 aromatic heterocycles. The van der Waals surface area contributed by atoms with E-state index >= 15 is 0 Å². The van der Waals surface area contributed by atoms with Crippen LogP contribution in [-0.2, 0) is 0 Å². The molecule has 0 aliphatic carbocycles. The molecule has 0 spiro atoms. The Balaban J connectivity index is 1.74. The van der Waals surface area contributed by atoms with Gasteiger partial charge in [0.1, 0.15) is 11.5 Å². The van der Waals surface area contributed by atoms with Crippen molar-refractivity contribution in [2.75, 3.05) is 12.9 Å². The van der Waals surface area contributed by atoms with Crippen LogP contribution in [-0.4, -0.2) is 34.3 Å². The summed E-state index contributed by atoms with van der Waals surface area (Å²) < 4.78 is 7.22. The minimum atomic E-state index is -0.0214. The molecule has 4 rings (SSSR count). The maximum atomic E-state index is 11.6. The second kappa shape index (κ2) is 6.72. The third-order valence-corrected chi connectivity index (χ3v) is 5.16. The third-order valence-electron chi connectivity index (χ3n) is 4.38. The molecule has 1 fully saturated rings. The molecule has 2 aromatic carbocycles. The molecule has 0 radical (unpaired) electrons. The number of hydrogen-bond donors (Lipinski definition) is 1. The van der Waals surface area contributed by atoms with E-state index in [4.69, 9.17) is 9.84 Å². The molecule has 126 valence electrons. The van der Waals surface area contributed by atoms with Gasteiger partial charge in [0.15, 0.2) is 6.04 Å². The van der Waals surface area contributed by atoms with E-state index in [9.17, 15) is 4.79 Å². The summed E-state index contributed by atoms with van der Waals surface area (Å²) in [7, 11) is 1.66. The van der Waals surface area contributed by atoms with Crippen molar-refractivity contribution in [3.8, 4) is 5.75 Å². The molecule has 0 bridgehead atoms. The first-order chi connectivity index (χ1) is 12.2. The molecule has 2 aliphatic heterocycles. The van der Waals surface area contributed by atoms with E-state index in [0.29, 0.717) is 5.75 Å². The maximum absolute atomic E-state index is 11.6. The topological polar surface area (TPSA) is 53.7 Å². The second-order valence-electron chi connectivity index (χ2n) is 5.90. The fourth-order valence-electron chi connectivity index (χ4n) is 3.10. The van der Waals surface area contributed by atoms with Crippen LogP contribution in [0.4, 0.5) is 4.79 Å². The number of carbonyl (C=O) groups is 1. The minimum absolute atomic E-state index is 0.0214. The van der Waals surface area contributed by atoms with E-state index in [1.807, 2.05) is 35.0 Å². The molecule has 2 aliphatic rings. The lowest BCUT2D eigenvalue weighted by molar-refractivity contribution is -0.569. The molecule has 2 heterocycles. The van der Waals surface area contributed by atoms with Crippen LogP contribution in [0.15, 0.2) is 59.7 Å². The standard InChI is InChI=1S/C19H17N3O2S/c1-24-15-9-7-14(8-10-15)17-11-16(13-5-3-2-4-6-13)21-22(17)18-12-25-19(23)20-18/h2-10,17H,11-12H2,1H3/p+1/t17-/m1/s1. The highest BCUT2D eigenvalue weighted by Gasteiger charge is 2.37. The summed E-state index contributed by atoms with van der Waals surface area (Å²) in [6.45, 7) is 0. The summed E-state index contributed by atoms with van der Waals surface area (Å²) >= 11 is 1.27. The van der Waals surface area contributed by atoms with Crippen molar-refractivity contribution in [3.63, 3.8) is 0 Å². The lowest BCUT2D eigenvalue weighted by atomic mass is 9.99. The number of rotatable bonds is 3. The van der Waals surface area contributed by atoms with Crippen molar-refractivity contribution in [2.45, 2.75) is 12.5 Å². The zero-order chi connectivity index (χ0) is 17.2. The normalized spacial score (nSPS) is 22.7. The number of hydrogen-bond acceptors (Lipinski definition) is 4. The Bertz CT molecular complexity index is 860. The Morgan fingerprint density at radius 2 is 1.92 bits per heavy atom. The van der Waals surface area contributed by atoms with Crippen LogP contribution < -0.4 is 10.1 Å². The van der Waals surface area contributed by atoms with E-state index in [0.717, 1.165) is 34.8 Å². The lowest BCUT2D eigenvalue weighted by Crippen LogP contribution is -2.29. The molecule has 25 heavy (non-hydrogen) atoms. The Morgan fingerprint density at radius 1 is 1.16 bits per heavy atom. The zero-order valence-corrected chi connectivity index (χ0v) is 14.6. The fourth-order valence-corrected chi connectivity index (χ4v) is 3.76. The van der Waals surface area contributed by atoms with E-state index in [1.54, 1.807) is 7.11 Å². The highest BCUT2D eigenvalue weighted by atomic mass is 32.2. The molecule has 6 heteroatoms. The van der Waals surface area contributed by atoms with Crippen molar-refractivity contribution < 1.29 is 14.2 Å². The van der Waals surface area contributed by atoms with Gasteiger partial charge in [-0.05, 0) is 35.0 Å². The number of thioether (sulfide) groups is 1. The third kappa shape index (κ3) is 3.17. The highest BCUT2D eigenvalue weighted by molar-refractivity contribution is 8.14. The van der Waals surface area contributed by atoms with Gasteiger partial charge in [-0.15, -0.1) is 4.68 Å². The SMILES string of the molecule is COc1ccc([C@H]2CC(c3ccccc3)=N/[N+]2=C2\CSC(=O)N2)cc1. The number of nitrogens with zero attached hydrogens (tertiary/aromatic N) is 2. The van der Waals surface area contributed by atoms with Crippen molar-refractivity contribution in [1.82, 2.24) is 5.32 Å². The van der Waals surface area contributed by atoms with Gasteiger partial charge in [0, 0.05) is 6.42 Å². The number of ether oxygens (including phenoxy) is 1. The number of amides is 1. The molecule has 0 unspecified atom stereocenters. The van der Waals surface area contributed by atoms with Crippen LogP contribution in [0.5, 0.6) is 5.75 Å². The lowest BCUT2D eigenvalue weighted by Gasteiger charge is -2.11. The Morgan fingerprint density at radius 3 is 2.56 bits per heavy atom. The van der Waals surface area contributed by atoms with E-state index in [-0.39, 0.29) is 11.3 Å². The Labute approximate surface area is 150 Å². The number of carbonyl (C=O) groups excluding carboxylic acids is 1. The smallest absolute Gasteiger partial charge is 0.367 e. The van der Waals surface area contributed by atoms with Crippen molar-refractivity contribution in [3.05, 3.63) is 65.7 Å². The second-order valence-corrected chi connectivity index (χ2v) is 6.85. The number of benzene rings is 2. The molecule has 1 saturated heterocycles. The van der Waals surface area contributed by atoms with Crippen LogP contribution in [0.1, 0.15) is 23.6 Å². The van der Waals surface area contributed by atoms with Crippen LogP contribution in [0, 0.1) is 0 Å². The van der Waals surface area contributed by atoms with Gasteiger partial charge in [-0.25, -0.2) is 10.1 Å². The van der Waals surface area contributed by atoms with Gasteiger partial charge in [0.05, 0.1) is 12.8 Å². The molecule has 1 amide bonds. The fraction of sp³-hybridized carbons (Fsp3) is 0.211. The van der Waals surface area contributed by atoms with Gasteiger partial charge in [0.25, 0.3) is 5.84 Å². The van der Waals surface area contributed by atoms with Crippen LogP contribution in [0.25, 0.3) is 0 Å². The van der Waals surface area contributed by atoms with Crippen LogP contribution in [0.2, 0.25) is 0 Å². The number of nitrogens with one attached hydrogen (secondary N) is 1. The van der Waals surface area contributed by atoms with Gasteiger partial charge in [-0.3, -0.25) is 0 Å². The number of hydrazone groups is 1. The van der Waals surface area contributed by atoms with Gasteiger partial charge >= 0.3 is 5.24 Å². The molecular weight excluding hydrogens is 334 g/mol. The Kier molecular flexibility index (Phi) is 4.28. The van der Waals surface area contributed by atoms with Gasteiger partial charge in [-0.1, -0.05) is 47.6 Å². The van der Waals surface area contributed by atoms with Crippen LogP contribution >= 0.6 is 11.8 Å². The molecule has 1 N–H and O–H groups in total. The monoisotopic (exact) mass is 352 g/mol. The molecular formula is C19H18N3O2S+. The zero-order valence-electron chi connectivity index (χ0n) is 13.8. The van der Waals surface area contributed by atoms with E-state index in [2.05, 4.69) is 29.6 Å². The summed E-state index contributed by atoms with van der Waals surface area (Å²) in [5.74, 6) is 2.30.